The normalized spacial score (nSPS) is 18.8. The molecule has 1 atom stereocenters. The molecule has 4 rings (SSSR count). The smallest absolute Gasteiger partial charge is 0.417 e. The predicted octanol–water partition coefficient (Wildman–Crippen LogP) is 4.67. The number of hydrogen-bond donors (Lipinski definition) is 1. The number of nitrogens with one attached hydrogen (secondary N) is 1. The number of methoxy groups -OCH3 is 1. The molecule has 1 aromatic carbocycles. The first-order valence-electron chi connectivity index (χ1n) is 12.3. The summed E-state index contributed by atoms with van der Waals surface area (Å²) in [5, 5.41) is 3.18. The number of halogens is 3. The molecule has 1 aromatic heterocycles. The van der Waals surface area contributed by atoms with Crippen molar-refractivity contribution in [3.05, 3.63) is 53.7 Å². The number of carbonyl (C=O) groups excluding carboxylic acids is 1. The lowest BCUT2D eigenvalue weighted by molar-refractivity contribution is -0.137. The lowest BCUT2D eigenvalue weighted by atomic mass is 9.95. The van der Waals surface area contributed by atoms with Gasteiger partial charge in [0.25, 0.3) is 0 Å². The quantitative estimate of drug-likeness (QED) is 0.612. The molecule has 0 radical (unpaired) electrons. The topological polar surface area (TPSA) is 57.7 Å². The summed E-state index contributed by atoms with van der Waals surface area (Å²) < 4.78 is 43.6. The predicted molar refractivity (Wildman–Crippen MR) is 128 cm³/mol. The van der Waals surface area contributed by atoms with E-state index in [9.17, 15) is 18.0 Å². The standard InChI is InChI=1S/C26H33F3N4O2/c1-35-22-8-5-19(6-9-22)23(32-13-3-2-4-14-32)18-31-25(34)20-11-15-33(16-12-20)24-10-7-21(17-30-24)26(27,28)29/h5-10,17,20,23H,2-4,11-16,18H2,1H3,(H,31,34). The zero-order valence-corrected chi connectivity index (χ0v) is 20.1. The zero-order chi connectivity index (χ0) is 24.8. The highest BCUT2D eigenvalue weighted by Crippen LogP contribution is 2.30. The molecular formula is C26H33F3N4O2. The van der Waals surface area contributed by atoms with Gasteiger partial charge in [0.05, 0.1) is 18.7 Å². The number of rotatable bonds is 7. The number of hydrogen-bond acceptors (Lipinski definition) is 5. The second-order valence-corrected chi connectivity index (χ2v) is 9.29. The van der Waals surface area contributed by atoms with Crippen LogP contribution in [0.2, 0.25) is 0 Å². The second kappa shape index (κ2) is 11.3. The highest BCUT2D eigenvalue weighted by molar-refractivity contribution is 5.79. The van der Waals surface area contributed by atoms with Gasteiger partial charge < -0.3 is 15.0 Å². The van der Waals surface area contributed by atoms with Gasteiger partial charge >= 0.3 is 6.18 Å². The summed E-state index contributed by atoms with van der Waals surface area (Å²) in [7, 11) is 1.65. The van der Waals surface area contributed by atoms with Gasteiger partial charge in [-0.05, 0) is 68.6 Å². The maximum atomic E-state index is 13.0. The number of nitrogens with zero attached hydrogens (tertiary/aromatic N) is 3. The van der Waals surface area contributed by atoms with Crippen molar-refractivity contribution in [2.75, 3.05) is 44.7 Å². The van der Waals surface area contributed by atoms with E-state index in [0.29, 0.717) is 38.3 Å². The van der Waals surface area contributed by atoms with Crippen LogP contribution >= 0.6 is 0 Å². The van der Waals surface area contributed by atoms with E-state index < -0.39 is 11.7 Å². The summed E-state index contributed by atoms with van der Waals surface area (Å²) in [4.78, 5) is 21.4. The van der Waals surface area contributed by atoms with Crippen LogP contribution in [-0.2, 0) is 11.0 Å². The molecule has 1 unspecified atom stereocenters. The molecule has 0 aliphatic carbocycles. The molecule has 2 saturated heterocycles. The van der Waals surface area contributed by atoms with Crippen molar-refractivity contribution in [1.82, 2.24) is 15.2 Å². The van der Waals surface area contributed by atoms with Crippen LogP contribution in [0.1, 0.15) is 49.3 Å². The van der Waals surface area contributed by atoms with Crippen LogP contribution in [0.5, 0.6) is 5.75 Å². The van der Waals surface area contributed by atoms with Gasteiger partial charge in [-0.25, -0.2) is 4.98 Å². The Balaban J connectivity index is 1.32. The minimum absolute atomic E-state index is 0.0422. The molecule has 2 aliphatic heterocycles. The van der Waals surface area contributed by atoms with Gasteiger partial charge in [0, 0.05) is 31.7 Å². The minimum Gasteiger partial charge on any atom is -0.497 e. The van der Waals surface area contributed by atoms with Crippen molar-refractivity contribution in [2.24, 2.45) is 5.92 Å². The Morgan fingerprint density at radius 1 is 1.06 bits per heavy atom. The van der Waals surface area contributed by atoms with Crippen LogP contribution in [0.4, 0.5) is 19.0 Å². The molecule has 1 amide bonds. The summed E-state index contributed by atoms with van der Waals surface area (Å²) in [6.07, 6.45) is 1.33. The molecule has 0 spiro atoms. The Bertz CT molecular complexity index is 952. The third kappa shape index (κ3) is 6.45. The van der Waals surface area contributed by atoms with Crippen LogP contribution < -0.4 is 15.0 Å². The number of alkyl halides is 3. The lowest BCUT2D eigenvalue weighted by Gasteiger charge is -2.36. The van der Waals surface area contributed by atoms with Gasteiger partial charge in [-0.15, -0.1) is 0 Å². The Morgan fingerprint density at radius 3 is 2.31 bits per heavy atom. The number of ether oxygens (including phenoxy) is 1. The first kappa shape index (κ1) is 25.3. The van der Waals surface area contributed by atoms with E-state index >= 15 is 0 Å². The molecule has 9 heteroatoms. The number of benzene rings is 1. The van der Waals surface area contributed by atoms with Gasteiger partial charge in [-0.1, -0.05) is 18.6 Å². The molecule has 35 heavy (non-hydrogen) atoms. The summed E-state index contributed by atoms with van der Waals surface area (Å²) >= 11 is 0. The fraction of sp³-hybridized carbons (Fsp3) is 0.538. The van der Waals surface area contributed by atoms with Crippen LogP contribution in [0.3, 0.4) is 0 Å². The van der Waals surface area contributed by atoms with Crippen LogP contribution in [0.25, 0.3) is 0 Å². The van der Waals surface area contributed by atoms with Crippen molar-refractivity contribution < 1.29 is 22.7 Å². The first-order valence-corrected chi connectivity index (χ1v) is 12.3. The van der Waals surface area contributed by atoms with Gasteiger partial charge in [-0.2, -0.15) is 13.2 Å². The van der Waals surface area contributed by atoms with E-state index in [1.807, 2.05) is 17.0 Å². The first-order chi connectivity index (χ1) is 16.8. The maximum absolute atomic E-state index is 13.0. The van der Waals surface area contributed by atoms with Gasteiger partial charge in [0.2, 0.25) is 5.91 Å². The number of amides is 1. The monoisotopic (exact) mass is 490 g/mol. The largest absolute Gasteiger partial charge is 0.497 e. The molecule has 6 nitrogen and oxygen atoms in total. The molecule has 2 aromatic rings. The van der Waals surface area contributed by atoms with Crippen molar-refractivity contribution in [1.29, 1.82) is 0 Å². The van der Waals surface area contributed by atoms with Crippen molar-refractivity contribution in [2.45, 2.75) is 44.3 Å². The van der Waals surface area contributed by atoms with Crippen LogP contribution in [0, 0.1) is 5.92 Å². The fourth-order valence-corrected chi connectivity index (χ4v) is 4.97. The Kier molecular flexibility index (Phi) is 8.15. The van der Waals surface area contributed by atoms with E-state index in [1.54, 1.807) is 7.11 Å². The summed E-state index contributed by atoms with van der Waals surface area (Å²) in [5.41, 5.74) is 0.409. The molecule has 3 heterocycles. The Morgan fingerprint density at radius 2 is 1.74 bits per heavy atom. The van der Waals surface area contributed by atoms with Gasteiger partial charge in [0.1, 0.15) is 11.6 Å². The van der Waals surface area contributed by atoms with Crippen LogP contribution in [0.15, 0.2) is 42.6 Å². The summed E-state index contributed by atoms with van der Waals surface area (Å²) in [6, 6.07) is 10.6. The number of pyridine rings is 1. The molecule has 0 saturated carbocycles. The summed E-state index contributed by atoms with van der Waals surface area (Å²) in [6.45, 7) is 3.76. The van der Waals surface area contributed by atoms with Crippen molar-refractivity contribution >= 4 is 11.7 Å². The Labute approximate surface area is 204 Å². The molecule has 190 valence electrons. The number of likely N-dealkylation sites (tertiary alicyclic amines) is 1. The van der Waals surface area contributed by atoms with E-state index in [0.717, 1.165) is 49.5 Å². The van der Waals surface area contributed by atoms with E-state index in [1.165, 1.54) is 12.5 Å². The van der Waals surface area contributed by atoms with E-state index in [2.05, 4.69) is 27.3 Å². The average molecular weight is 491 g/mol. The van der Waals surface area contributed by atoms with Gasteiger partial charge in [0.15, 0.2) is 0 Å². The molecular weight excluding hydrogens is 457 g/mol. The molecule has 2 aliphatic rings. The highest BCUT2D eigenvalue weighted by Gasteiger charge is 2.32. The SMILES string of the molecule is COc1ccc(C(CNC(=O)C2CCN(c3ccc(C(F)(F)F)cn3)CC2)N2CCCCC2)cc1. The van der Waals surface area contributed by atoms with Gasteiger partial charge in [-0.3, -0.25) is 9.69 Å². The summed E-state index contributed by atoms with van der Waals surface area (Å²) in [5.74, 6) is 1.25. The molecule has 2 fully saturated rings. The third-order valence-corrected chi connectivity index (χ3v) is 7.07. The maximum Gasteiger partial charge on any atom is 0.417 e. The Hall–Kier alpha value is -2.81. The van der Waals surface area contributed by atoms with E-state index in [4.69, 9.17) is 4.74 Å². The molecule has 0 bridgehead atoms. The number of anilines is 1. The highest BCUT2D eigenvalue weighted by atomic mass is 19.4. The second-order valence-electron chi connectivity index (χ2n) is 9.29. The molecule has 1 N–H and O–H groups in total. The number of carbonyl (C=O) groups is 1. The average Bonchev–Trinajstić information content (AvgIpc) is 2.89. The third-order valence-electron chi connectivity index (χ3n) is 7.07. The van der Waals surface area contributed by atoms with E-state index in [-0.39, 0.29) is 17.9 Å². The zero-order valence-electron chi connectivity index (χ0n) is 20.1. The lowest BCUT2D eigenvalue weighted by Crippen LogP contribution is -2.44. The van der Waals surface area contributed by atoms with Crippen molar-refractivity contribution in [3.63, 3.8) is 0 Å². The fourth-order valence-electron chi connectivity index (χ4n) is 4.97. The number of aromatic nitrogens is 1. The minimum atomic E-state index is -4.39. The van der Waals surface area contributed by atoms with Crippen LogP contribution in [-0.4, -0.2) is 55.6 Å². The number of piperidine rings is 2. The van der Waals surface area contributed by atoms with Crippen molar-refractivity contribution in [3.8, 4) is 5.75 Å².